The number of rotatable bonds is 3. The molecule has 0 spiro atoms. The summed E-state index contributed by atoms with van der Waals surface area (Å²) in [4.78, 5) is 18.3. The van der Waals surface area contributed by atoms with Crippen molar-refractivity contribution in [3.8, 4) is 0 Å². The highest BCUT2D eigenvalue weighted by Crippen LogP contribution is 2.34. The quantitative estimate of drug-likeness (QED) is 0.631. The number of hydrogen-bond donors (Lipinski definition) is 0. The molecule has 1 aliphatic rings. The molecular weight excluding hydrogens is 264 g/mol. The van der Waals surface area contributed by atoms with E-state index in [1.807, 2.05) is 19.9 Å². The highest BCUT2D eigenvalue weighted by molar-refractivity contribution is 6.29. The molecule has 104 valence electrons. The number of nitrogens with zero attached hydrogens (tertiary/aromatic N) is 2. The van der Waals surface area contributed by atoms with Crippen LogP contribution in [0.1, 0.15) is 26.7 Å². The Bertz CT molecular complexity index is 439. The predicted molar refractivity (Wildman–Crippen MR) is 75.4 cm³/mol. The summed E-state index contributed by atoms with van der Waals surface area (Å²) >= 11 is 5.78. The fourth-order valence-electron chi connectivity index (χ4n) is 2.32. The number of piperidine rings is 1. The third kappa shape index (κ3) is 3.18. The van der Waals surface area contributed by atoms with Gasteiger partial charge in [0.1, 0.15) is 5.15 Å². The van der Waals surface area contributed by atoms with Gasteiger partial charge in [-0.3, -0.25) is 4.79 Å². The lowest BCUT2D eigenvalue weighted by Crippen LogP contribution is -2.43. The largest absolute Gasteiger partial charge is 0.466 e. The molecule has 2 heterocycles. The first-order chi connectivity index (χ1) is 9.05. The first kappa shape index (κ1) is 14.1. The van der Waals surface area contributed by atoms with Crippen LogP contribution in [0, 0.1) is 5.41 Å². The zero-order valence-electron chi connectivity index (χ0n) is 11.4. The molecule has 0 saturated carbocycles. The molecular formula is C14H19ClN2O2. The lowest BCUT2D eigenvalue weighted by molar-refractivity contribution is -0.155. The maximum absolute atomic E-state index is 11.9. The Morgan fingerprint density at radius 2 is 2.16 bits per heavy atom. The number of halogens is 1. The number of pyridine rings is 1. The van der Waals surface area contributed by atoms with Crippen LogP contribution in [0.15, 0.2) is 18.3 Å². The van der Waals surface area contributed by atoms with Gasteiger partial charge < -0.3 is 9.64 Å². The van der Waals surface area contributed by atoms with Gasteiger partial charge in [0, 0.05) is 13.1 Å². The molecule has 1 aliphatic heterocycles. The van der Waals surface area contributed by atoms with Crippen molar-refractivity contribution < 1.29 is 9.53 Å². The SMILES string of the molecule is CCOC(=O)C1(C)CCN(c2ccc(Cl)nc2)CC1. The molecule has 0 unspecified atom stereocenters. The third-order valence-electron chi connectivity index (χ3n) is 3.71. The van der Waals surface area contributed by atoms with E-state index in [1.54, 1.807) is 12.3 Å². The van der Waals surface area contributed by atoms with Gasteiger partial charge >= 0.3 is 5.97 Å². The van der Waals surface area contributed by atoms with Gasteiger partial charge in [-0.2, -0.15) is 0 Å². The molecule has 4 nitrogen and oxygen atoms in total. The Morgan fingerprint density at radius 3 is 2.68 bits per heavy atom. The molecule has 5 heteroatoms. The highest BCUT2D eigenvalue weighted by Gasteiger charge is 2.38. The van der Waals surface area contributed by atoms with Crippen LogP contribution < -0.4 is 4.90 Å². The second kappa shape index (κ2) is 5.78. The fourth-order valence-corrected chi connectivity index (χ4v) is 2.43. The Hall–Kier alpha value is -1.29. The van der Waals surface area contributed by atoms with Crippen molar-refractivity contribution in [2.75, 3.05) is 24.6 Å². The van der Waals surface area contributed by atoms with E-state index in [0.717, 1.165) is 31.6 Å². The molecule has 0 amide bonds. The summed E-state index contributed by atoms with van der Waals surface area (Å²) in [6, 6.07) is 3.75. The summed E-state index contributed by atoms with van der Waals surface area (Å²) in [5.41, 5.74) is 0.696. The van der Waals surface area contributed by atoms with E-state index in [2.05, 4.69) is 9.88 Å². The van der Waals surface area contributed by atoms with Crippen LogP contribution in [0.25, 0.3) is 0 Å². The second-order valence-corrected chi connectivity index (χ2v) is 5.49. The van der Waals surface area contributed by atoms with Crippen molar-refractivity contribution in [1.82, 2.24) is 4.98 Å². The number of carbonyl (C=O) groups excluding carboxylic acids is 1. The predicted octanol–water partition coefficient (Wildman–Crippen LogP) is 2.90. The van der Waals surface area contributed by atoms with Crippen molar-refractivity contribution >= 4 is 23.3 Å². The van der Waals surface area contributed by atoms with Crippen LogP contribution in [0.5, 0.6) is 0 Å². The van der Waals surface area contributed by atoms with Gasteiger partial charge in [-0.05, 0) is 38.8 Å². The first-order valence-corrected chi connectivity index (χ1v) is 6.97. The summed E-state index contributed by atoms with van der Waals surface area (Å²) in [6.45, 7) is 5.94. The number of esters is 1. The molecule has 0 N–H and O–H groups in total. The summed E-state index contributed by atoms with van der Waals surface area (Å²) in [7, 11) is 0. The van der Waals surface area contributed by atoms with Crippen LogP contribution in [0.2, 0.25) is 5.15 Å². The van der Waals surface area contributed by atoms with Gasteiger partial charge in [-0.1, -0.05) is 11.6 Å². The highest BCUT2D eigenvalue weighted by atomic mass is 35.5. The molecule has 1 fully saturated rings. The average molecular weight is 283 g/mol. The van der Waals surface area contributed by atoms with Crippen molar-refractivity contribution in [2.45, 2.75) is 26.7 Å². The minimum Gasteiger partial charge on any atom is -0.466 e. The Kier molecular flexibility index (Phi) is 4.30. The number of hydrogen-bond acceptors (Lipinski definition) is 4. The summed E-state index contributed by atoms with van der Waals surface area (Å²) < 4.78 is 5.15. The molecule has 1 saturated heterocycles. The lowest BCUT2D eigenvalue weighted by Gasteiger charge is -2.38. The van der Waals surface area contributed by atoms with Crippen molar-refractivity contribution in [2.24, 2.45) is 5.41 Å². The van der Waals surface area contributed by atoms with Gasteiger partial charge in [0.15, 0.2) is 0 Å². The van der Waals surface area contributed by atoms with Crippen molar-refractivity contribution in [3.05, 3.63) is 23.5 Å². The summed E-state index contributed by atoms with van der Waals surface area (Å²) in [5.74, 6) is -0.0797. The topological polar surface area (TPSA) is 42.4 Å². The smallest absolute Gasteiger partial charge is 0.311 e. The van der Waals surface area contributed by atoms with Gasteiger partial charge in [0.25, 0.3) is 0 Å². The van der Waals surface area contributed by atoms with E-state index < -0.39 is 0 Å². The minimum absolute atomic E-state index is 0.0797. The van der Waals surface area contributed by atoms with Crippen molar-refractivity contribution in [1.29, 1.82) is 0 Å². The standard InChI is InChI=1S/C14H19ClN2O2/c1-3-19-13(18)14(2)6-8-17(9-7-14)11-4-5-12(15)16-10-11/h4-5,10H,3,6-9H2,1-2H3. The van der Waals surface area contributed by atoms with E-state index in [-0.39, 0.29) is 11.4 Å². The Labute approximate surface area is 118 Å². The first-order valence-electron chi connectivity index (χ1n) is 6.59. The monoisotopic (exact) mass is 282 g/mol. The maximum Gasteiger partial charge on any atom is 0.311 e. The normalized spacial score (nSPS) is 18.2. The molecule has 2 rings (SSSR count). The minimum atomic E-state index is -0.355. The van der Waals surface area contributed by atoms with E-state index in [1.165, 1.54) is 0 Å². The van der Waals surface area contributed by atoms with E-state index in [4.69, 9.17) is 16.3 Å². The zero-order chi connectivity index (χ0) is 13.9. The molecule has 19 heavy (non-hydrogen) atoms. The molecule has 0 aromatic carbocycles. The summed E-state index contributed by atoms with van der Waals surface area (Å²) in [6.07, 6.45) is 3.37. The van der Waals surface area contributed by atoms with Gasteiger partial charge in [0.05, 0.1) is 23.9 Å². The maximum atomic E-state index is 11.9. The van der Waals surface area contributed by atoms with E-state index >= 15 is 0 Å². The van der Waals surface area contributed by atoms with Crippen LogP contribution in [0.3, 0.4) is 0 Å². The average Bonchev–Trinajstić information content (AvgIpc) is 2.41. The number of aromatic nitrogens is 1. The van der Waals surface area contributed by atoms with Gasteiger partial charge in [0.2, 0.25) is 0 Å². The number of carbonyl (C=O) groups is 1. The van der Waals surface area contributed by atoms with E-state index in [0.29, 0.717) is 11.8 Å². The summed E-state index contributed by atoms with van der Waals surface area (Å²) in [5, 5.41) is 0.497. The van der Waals surface area contributed by atoms with Crippen LogP contribution in [-0.4, -0.2) is 30.6 Å². The molecule has 0 radical (unpaired) electrons. The van der Waals surface area contributed by atoms with Crippen LogP contribution >= 0.6 is 11.6 Å². The third-order valence-corrected chi connectivity index (χ3v) is 3.94. The second-order valence-electron chi connectivity index (χ2n) is 5.11. The van der Waals surface area contributed by atoms with Crippen LogP contribution in [0.4, 0.5) is 5.69 Å². The Balaban J connectivity index is 1.99. The molecule has 0 atom stereocenters. The fraction of sp³-hybridized carbons (Fsp3) is 0.571. The molecule has 0 bridgehead atoms. The number of anilines is 1. The zero-order valence-corrected chi connectivity index (χ0v) is 12.1. The molecule has 0 aliphatic carbocycles. The molecule has 1 aromatic rings. The number of ether oxygens (including phenoxy) is 1. The van der Waals surface area contributed by atoms with Gasteiger partial charge in [-0.15, -0.1) is 0 Å². The van der Waals surface area contributed by atoms with Crippen molar-refractivity contribution in [3.63, 3.8) is 0 Å². The Morgan fingerprint density at radius 1 is 1.47 bits per heavy atom. The molecule has 1 aromatic heterocycles. The van der Waals surface area contributed by atoms with E-state index in [9.17, 15) is 4.79 Å². The lowest BCUT2D eigenvalue weighted by atomic mass is 9.80. The van der Waals surface area contributed by atoms with Gasteiger partial charge in [-0.25, -0.2) is 4.98 Å². The van der Waals surface area contributed by atoms with Crippen LogP contribution in [-0.2, 0) is 9.53 Å².